The second-order valence-corrected chi connectivity index (χ2v) is 5.47. The summed E-state index contributed by atoms with van der Waals surface area (Å²) in [6, 6.07) is 12.9. The van der Waals surface area contributed by atoms with Gasteiger partial charge in [-0.05, 0) is 48.9 Å². The highest BCUT2D eigenvalue weighted by Crippen LogP contribution is 2.15. The lowest BCUT2D eigenvalue weighted by molar-refractivity contribution is -0.137. The average Bonchev–Trinajstić information content (AvgIpc) is 2.51. The fraction of sp³-hybridized carbons (Fsp3) is 0.235. The highest BCUT2D eigenvalue weighted by Gasteiger charge is 2.19. The zero-order valence-electron chi connectivity index (χ0n) is 12.4. The Morgan fingerprint density at radius 2 is 1.77 bits per heavy atom. The maximum atomic E-state index is 12.8. The molecule has 0 bridgehead atoms. The first-order valence-corrected chi connectivity index (χ1v) is 7.25. The summed E-state index contributed by atoms with van der Waals surface area (Å²) in [4.78, 5) is 13.9. The third kappa shape index (κ3) is 4.46. The molecule has 0 aliphatic heterocycles. The number of likely N-dealkylation sites (N-methyl/N-ethyl adjacent to an activating group) is 1. The molecule has 0 radical (unpaired) electrons. The summed E-state index contributed by atoms with van der Waals surface area (Å²) in [5, 5.41) is 0.658. The number of nitrogens with zero attached hydrogens (tertiary/aromatic N) is 1. The molecule has 0 saturated carbocycles. The monoisotopic (exact) mass is 321 g/mol. The highest BCUT2D eigenvalue weighted by atomic mass is 35.5. The van der Waals surface area contributed by atoms with Crippen LogP contribution >= 0.6 is 11.6 Å². The van der Waals surface area contributed by atoms with E-state index in [0.717, 1.165) is 5.56 Å². The van der Waals surface area contributed by atoms with Crippen molar-refractivity contribution >= 4 is 17.5 Å². The molecular weight excluding hydrogens is 305 g/mol. The summed E-state index contributed by atoms with van der Waals surface area (Å²) in [7, 11) is 1.71. The number of carbonyl (C=O) groups excluding carboxylic acids is 1. The van der Waals surface area contributed by atoms with Gasteiger partial charge in [0.15, 0.2) is 6.10 Å². The quantitative estimate of drug-likeness (QED) is 0.835. The first-order chi connectivity index (χ1) is 10.5. The molecule has 3 nitrogen and oxygen atoms in total. The summed E-state index contributed by atoms with van der Waals surface area (Å²) in [5.74, 6) is -0.0346. The first kappa shape index (κ1) is 16.3. The Morgan fingerprint density at radius 3 is 2.36 bits per heavy atom. The molecule has 2 rings (SSSR count). The van der Waals surface area contributed by atoms with Gasteiger partial charge in [-0.2, -0.15) is 0 Å². The van der Waals surface area contributed by atoms with Gasteiger partial charge in [-0.3, -0.25) is 4.79 Å². The van der Waals surface area contributed by atoms with Gasteiger partial charge in [0.2, 0.25) is 0 Å². The van der Waals surface area contributed by atoms with Crippen molar-refractivity contribution < 1.29 is 13.9 Å². The molecule has 2 aromatic rings. The van der Waals surface area contributed by atoms with E-state index in [-0.39, 0.29) is 11.7 Å². The van der Waals surface area contributed by atoms with Crippen molar-refractivity contribution in [2.45, 2.75) is 19.6 Å². The molecule has 5 heteroatoms. The maximum Gasteiger partial charge on any atom is 0.263 e. The Morgan fingerprint density at radius 1 is 1.18 bits per heavy atom. The number of ether oxygens (including phenoxy) is 1. The summed E-state index contributed by atoms with van der Waals surface area (Å²) >= 11 is 5.84. The Bertz CT molecular complexity index is 573. The molecule has 0 spiro atoms. The van der Waals surface area contributed by atoms with Gasteiger partial charge < -0.3 is 9.64 Å². The molecule has 0 saturated heterocycles. The standard InChI is InChI=1S/C17H17ClFNO2/c1-12(22-16-9-7-15(19)8-10-16)17(21)20(2)11-13-3-5-14(18)6-4-13/h3-10,12H,11H2,1-2H3/t12-/m1/s1. The summed E-state index contributed by atoms with van der Waals surface area (Å²) in [5.41, 5.74) is 0.981. The molecule has 2 aromatic carbocycles. The third-order valence-corrected chi connectivity index (χ3v) is 3.44. The van der Waals surface area contributed by atoms with Crippen LogP contribution in [0, 0.1) is 5.82 Å². The summed E-state index contributed by atoms with van der Waals surface area (Å²) < 4.78 is 18.4. The fourth-order valence-electron chi connectivity index (χ4n) is 2.02. The normalized spacial score (nSPS) is 11.8. The molecule has 0 N–H and O–H groups in total. The minimum absolute atomic E-state index is 0.153. The molecular formula is C17H17ClFNO2. The minimum atomic E-state index is -0.650. The van der Waals surface area contributed by atoms with E-state index in [1.165, 1.54) is 24.3 Å². The number of carbonyl (C=O) groups is 1. The lowest BCUT2D eigenvalue weighted by atomic mass is 10.2. The zero-order valence-corrected chi connectivity index (χ0v) is 13.2. The van der Waals surface area contributed by atoms with Crippen LogP contribution < -0.4 is 4.74 Å². The Kier molecular flexibility index (Phi) is 5.39. The van der Waals surface area contributed by atoms with E-state index in [4.69, 9.17) is 16.3 Å². The zero-order chi connectivity index (χ0) is 16.1. The van der Waals surface area contributed by atoms with Crippen molar-refractivity contribution in [1.82, 2.24) is 4.90 Å². The molecule has 0 aliphatic carbocycles. The number of benzene rings is 2. The van der Waals surface area contributed by atoms with Crippen molar-refractivity contribution in [3.63, 3.8) is 0 Å². The largest absolute Gasteiger partial charge is 0.481 e. The van der Waals surface area contributed by atoms with Crippen LogP contribution in [-0.2, 0) is 11.3 Å². The van der Waals surface area contributed by atoms with Crippen LogP contribution in [-0.4, -0.2) is 24.0 Å². The van der Waals surface area contributed by atoms with Crippen LogP contribution in [0.1, 0.15) is 12.5 Å². The fourth-order valence-corrected chi connectivity index (χ4v) is 2.15. The highest BCUT2D eigenvalue weighted by molar-refractivity contribution is 6.30. The molecule has 0 unspecified atom stereocenters. The van der Waals surface area contributed by atoms with Crippen LogP contribution in [0.25, 0.3) is 0 Å². The number of amides is 1. The number of halogens is 2. The lowest BCUT2D eigenvalue weighted by Gasteiger charge is -2.22. The van der Waals surface area contributed by atoms with Crippen molar-refractivity contribution in [3.05, 3.63) is 64.9 Å². The molecule has 116 valence electrons. The smallest absolute Gasteiger partial charge is 0.263 e. The van der Waals surface area contributed by atoms with E-state index in [1.807, 2.05) is 12.1 Å². The van der Waals surface area contributed by atoms with E-state index >= 15 is 0 Å². The van der Waals surface area contributed by atoms with Crippen LogP contribution in [0.2, 0.25) is 5.02 Å². The van der Waals surface area contributed by atoms with Gasteiger partial charge in [-0.15, -0.1) is 0 Å². The first-order valence-electron chi connectivity index (χ1n) is 6.87. The minimum Gasteiger partial charge on any atom is -0.481 e. The molecule has 0 aliphatic rings. The van der Waals surface area contributed by atoms with Crippen molar-refractivity contribution in [3.8, 4) is 5.75 Å². The molecule has 0 heterocycles. The van der Waals surface area contributed by atoms with Crippen molar-refractivity contribution in [2.24, 2.45) is 0 Å². The Labute approximate surface area is 134 Å². The van der Waals surface area contributed by atoms with Gasteiger partial charge in [0.1, 0.15) is 11.6 Å². The Balaban J connectivity index is 1.94. The van der Waals surface area contributed by atoms with Crippen molar-refractivity contribution in [2.75, 3.05) is 7.05 Å². The Hall–Kier alpha value is -2.07. The SMILES string of the molecule is C[C@@H](Oc1ccc(F)cc1)C(=O)N(C)Cc1ccc(Cl)cc1. The second-order valence-electron chi connectivity index (χ2n) is 5.03. The van der Waals surface area contributed by atoms with E-state index < -0.39 is 6.10 Å². The van der Waals surface area contributed by atoms with Gasteiger partial charge in [-0.1, -0.05) is 23.7 Å². The number of hydrogen-bond donors (Lipinski definition) is 0. The number of rotatable bonds is 5. The molecule has 1 amide bonds. The van der Waals surface area contributed by atoms with Gasteiger partial charge in [0, 0.05) is 18.6 Å². The molecule has 0 fully saturated rings. The van der Waals surface area contributed by atoms with E-state index in [1.54, 1.807) is 31.0 Å². The van der Waals surface area contributed by atoms with Gasteiger partial charge in [0.25, 0.3) is 5.91 Å². The molecule has 0 aromatic heterocycles. The topological polar surface area (TPSA) is 29.5 Å². The third-order valence-electron chi connectivity index (χ3n) is 3.18. The van der Waals surface area contributed by atoms with E-state index in [9.17, 15) is 9.18 Å². The van der Waals surface area contributed by atoms with Gasteiger partial charge >= 0.3 is 0 Å². The average molecular weight is 322 g/mol. The summed E-state index contributed by atoms with van der Waals surface area (Å²) in [6.07, 6.45) is -0.650. The van der Waals surface area contributed by atoms with Crippen LogP contribution in [0.5, 0.6) is 5.75 Å². The maximum absolute atomic E-state index is 12.8. The van der Waals surface area contributed by atoms with Crippen LogP contribution in [0.15, 0.2) is 48.5 Å². The number of hydrogen-bond acceptors (Lipinski definition) is 2. The van der Waals surface area contributed by atoms with Crippen molar-refractivity contribution in [1.29, 1.82) is 0 Å². The molecule has 22 heavy (non-hydrogen) atoms. The van der Waals surface area contributed by atoms with Crippen LogP contribution in [0.4, 0.5) is 4.39 Å². The molecule has 1 atom stereocenters. The summed E-state index contributed by atoms with van der Waals surface area (Å²) in [6.45, 7) is 2.14. The predicted octanol–water partition coefficient (Wildman–Crippen LogP) is 3.91. The van der Waals surface area contributed by atoms with E-state index in [2.05, 4.69) is 0 Å². The predicted molar refractivity (Wildman–Crippen MR) is 84.4 cm³/mol. The van der Waals surface area contributed by atoms with Crippen LogP contribution in [0.3, 0.4) is 0 Å². The van der Waals surface area contributed by atoms with Gasteiger partial charge in [0.05, 0.1) is 0 Å². The van der Waals surface area contributed by atoms with Gasteiger partial charge in [-0.25, -0.2) is 4.39 Å². The van der Waals surface area contributed by atoms with E-state index in [0.29, 0.717) is 17.3 Å². The second kappa shape index (κ2) is 7.27. The lowest BCUT2D eigenvalue weighted by Crippen LogP contribution is -2.37.